The Bertz CT molecular complexity index is 379. The molecule has 1 heterocycles. The molecular formula is C13H16ClNO. The summed E-state index contributed by atoms with van der Waals surface area (Å²) in [6, 6.07) is 7.19. The van der Waals surface area contributed by atoms with Gasteiger partial charge < -0.3 is 5.32 Å². The number of ketones is 1. The van der Waals surface area contributed by atoms with Crippen molar-refractivity contribution in [1.29, 1.82) is 0 Å². The highest BCUT2D eigenvalue weighted by Gasteiger charge is 2.34. The van der Waals surface area contributed by atoms with Gasteiger partial charge >= 0.3 is 0 Å². The van der Waals surface area contributed by atoms with Crippen molar-refractivity contribution >= 4 is 17.4 Å². The standard InChI is InChI=1S/C13H16ClNO/c1-13(6-8-15-9-7-13)12(16)10-2-4-11(14)5-3-10/h2-5,15H,6-9H2,1H3. The second-order valence-electron chi connectivity index (χ2n) is 4.65. The zero-order valence-corrected chi connectivity index (χ0v) is 10.2. The lowest BCUT2D eigenvalue weighted by Gasteiger charge is -2.32. The van der Waals surface area contributed by atoms with E-state index in [1.54, 1.807) is 12.1 Å². The molecule has 86 valence electrons. The van der Waals surface area contributed by atoms with Crippen LogP contribution in [0.1, 0.15) is 30.1 Å². The number of rotatable bonds is 2. The van der Waals surface area contributed by atoms with Crippen molar-refractivity contribution in [3.8, 4) is 0 Å². The van der Waals surface area contributed by atoms with Gasteiger partial charge in [-0.15, -0.1) is 0 Å². The van der Waals surface area contributed by atoms with E-state index in [1.807, 2.05) is 12.1 Å². The Kier molecular flexibility index (Phi) is 3.31. The van der Waals surface area contributed by atoms with E-state index in [0.29, 0.717) is 5.02 Å². The highest BCUT2D eigenvalue weighted by Crippen LogP contribution is 2.32. The summed E-state index contributed by atoms with van der Waals surface area (Å²) < 4.78 is 0. The van der Waals surface area contributed by atoms with Crippen LogP contribution in [0, 0.1) is 5.41 Å². The summed E-state index contributed by atoms with van der Waals surface area (Å²) in [6.45, 7) is 3.91. The van der Waals surface area contributed by atoms with Gasteiger partial charge in [0.25, 0.3) is 0 Å². The van der Waals surface area contributed by atoms with Gasteiger partial charge in [0.15, 0.2) is 5.78 Å². The van der Waals surface area contributed by atoms with Crippen molar-refractivity contribution in [2.75, 3.05) is 13.1 Å². The quantitative estimate of drug-likeness (QED) is 0.802. The molecular weight excluding hydrogens is 222 g/mol. The van der Waals surface area contributed by atoms with Gasteiger partial charge in [-0.2, -0.15) is 0 Å². The van der Waals surface area contributed by atoms with Crippen molar-refractivity contribution < 1.29 is 4.79 Å². The van der Waals surface area contributed by atoms with Crippen molar-refractivity contribution in [2.45, 2.75) is 19.8 Å². The number of hydrogen-bond donors (Lipinski definition) is 1. The minimum absolute atomic E-state index is 0.209. The van der Waals surface area contributed by atoms with Gasteiger partial charge in [-0.05, 0) is 50.2 Å². The van der Waals surface area contributed by atoms with Crippen LogP contribution in [-0.4, -0.2) is 18.9 Å². The first-order valence-electron chi connectivity index (χ1n) is 5.63. The monoisotopic (exact) mass is 237 g/mol. The summed E-state index contributed by atoms with van der Waals surface area (Å²) in [4.78, 5) is 12.4. The van der Waals surface area contributed by atoms with Crippen LogP contribution in [0.25, 0.3) is 0 Å². The molecule has 1 N–H and O–H groups in total. The normalized spacial score (nSPS) is 19.4. The Labute approximate surface area is 101 Å². The Morgan fingerprint density at radius 2 is 1.81 bits per heavy atom. The average Bonchev–Trinajstić information content (AvgIpc) is 2.30. The summed E-state index contributed by atoms with van der Waals surface area (Å²) in [5, 5.41) is 3.96. The number of nitrogens with one attached hydrogen (secondary N) is 1. The lowest BCUT2D eigenvalue weighted by molar-refractivity contribution is 0.0762. The lowest BCUT2D eigenvalue weighted by atomic mass is 9.75. The van der Waals surface area contributed by atoms with Crippen molar-refractivity contribution in [1.82, 2.24) is 5.32 Å². The molecule has 0 amide bonds. The molecule has 0 aromatic heterocycles. The van der Waals surface area contributed by atoms with Crippen molar-refractivity contribution in [3.63, 3.8) is 0 Å². The van der Waals surface area contributed by atoms with Crippen molar-refractivity contribution in [3.05, 3.63) is 34.9 Å². The summed E-state index contributed by atoms with van der Waals surface area (Å²) in [7, 11) is 0. The Balaban J connectivity index is 2.20. The van der Waals surface area contributed by atoms with Gasteiger partial charge in [0.1, 0.15) is 0 Å². The van der Waals surface area contributed by atoms with E-state index in [1.165, 1.54) is 0 Å². The fourth-order valence-corrected chi connectivity index (χ4v) is 2.28. The largest absolute Gasteiger partial charge is 0.317 e. The molecule has 1 aromatic carbocycles. The van der Waals surface area contributed by atoms with Crippen LogP contribution in [0.2, 0.25) is 5.02 Å². The Morgan fingerprint density at radius 1 is 1.25 bits per heavy atom. The molecule has 2 nitrogen and oxygen atoms in total. The average molecular weight is 238 g/mol. The van der Waals surface area contributed by atoms with E-state index < -0.39 is 0 Å². The van der Waals surface area contributed by atoms with Crippen LogP contribution in [-0.2, 0) is 0 Å². The second kappa shape index (κ2) is 4.56. The first-order chi connectivity index (χ1) is 7.62. The fourth-order valence-electron chi connectivity index (χ4n) is 2.16. The van der Waals surface area contributed by atoms with E-state index in [0.717, 1.165) is 31.5 Å². The first-order valence-corrected chi connectivity index (χ1v) is 6.01. The Hall–Kier alpha value is -0.860. The van der Waals surface area contributed by atoms with Crippen molar-refractivity contribution in [2.24, 2.45) is 5.41 Å². The van der Waals surface area contributed by atoms with Gasteiger partial charge in [-0.25, -0.2) is 0 Å². The van der Waals surface area contributed by atoms with Gasteiger partial charge in [0.05, 0.1) is 0 Å². The molecule has 0 aliphatic carbocycles. The highest BCUT2D eigenvalue weighted by molar-refractivity contribution is 6.30. The van der Waals surface area contributed by atoms with Crippen LogP contribution in [0.5, 0.6) is 0 Å². The molecule has 0 bridgehead atoms. The molecule has 0 unspecified atom stereocenters. The van der Waals surface area contributed by atoms with E-state index in [2.05, 4.69) is 12.2 Å². The number of piperidine rings is 1. The summed E-state index contributed by atoms with van der Waals surface area (Å²) in [6.07, 6.45) is 1.82. The van der Waals surface area contributed by atoms with Crippen LogP contribution >= 0.6 is 11.6 Å². The second-order valence-corrected chi connectivity index (χ2v) is 5.08. The molecule has 1 saturated heterocycles. The number of carbonyl (C=O) groups excluding carboxylic acids is 1. The molecule has 0 saturated carbocycles. The zero-order valence-electron chi connectivity index (χ0n) is 9.42. The van der Waals surface area contributed by atoms with Crippen LogP contribution in [0.4, 0.5) is 0 Å². The predicted octanol–water partition coefficient (Wildman–Crippen LogP) is 2.91. The van der Waals surface area contributed by atoms with Crippen LogP contribution in [0.3, 0.4) is 0 Å². The molecule has 1 aromatic rings. The smallest absolute Gasteiger partial charge is 0.168 e. The van der Waals surface area contributed by atoms with Crippen LogP contribution < -0.4 is 5.32 Å². The van der Waals surface area contributed by atoms with E-state index >= 15 is 0 Å². The summed E-state index contributed by atoms with van der Waals surface area (Å²) in [5.74, 6) is 0.241. The zero-order chi connectivity index (χ0) is 11.6. The molecule has 1 fully saturated rings. The molecule has 16 heavy (non-hydrogen) atoms. The maximum absolute atomic E-state index is 12.4. The van der Waals surface area contributed by atoms with Gasteiger partial charge in [0, 0.05) is 16.0 Å². The molecule has 1 aliphatic rings. The maximum atomic E-state index is 12.4. The molecule has 1 aliphatic heterocycles. The minimum atomic E-state index is -0.209. The summed E-state index contributed by atoms with van der Waals surface area (Å²) in [5.41, 5.74) is 0.563. The topological polar surface area (TPSA) is 29.1 Å². The van der Waals surface area contributed by atoms with E-state index in [4.69, 9.17) is 11.6 Å². The van der Waals surface area contributed by atoms with Gasteiger partial charge in [-0.1, -0.05) is 18.5 Å². The summed E-state index contributed by atoms with van der Waals surface area (Å²) >= 11 is 5.82. The molecule has 0 radical (unpaired) electrons. The van der Waals surface area contributed by atoms with Crippen LogP contribution in [0.15, 0.2) is 24.3 Å². The third-order valence-electron chi connectivity index (χ3n) is 3.36. The maximum Gasteiger partial charge on any atom is 0.168 e. The van der Waals surface area contributed by atoms with Gasteiger partial charge in [-0.3, -0.25) is 4.79 Å². The predicted molar refractivity (Wildman–Crippen MR) is 66.0 cm³/mol. The number of Topliss-reactive ketones (excluding diaryl/α,β-unsaturated/α-hetero) is 1. The molecule has 3 heteroatoms. The SMILES string of the molecule is CC1(C(=O)c2ccc(Cl)cc2)CCNCC1. The molecule has 2 rings (SSSR count). The highest BCUT2D eigenvalue weighted by atomic mass is 35.5. The number of hydrogen-bond acceptors (Lipinski definition) is 2. The third kappa shape index (κ3) is 2.28. The third-order valence-corrected chi connectivity index (χ3v) is 3.61. The van der Waals surface area contributed by atoms with E-state index in [-0.39, 0.29) is 11.2 Å². The molecule has 0 spiro atoms. The first kappa shape index (κ1) is 11.6. The fraction of sp³-hybridized carbons (Fsp3) is 0.462. The Morgan fingerprint density at radius 3 is 2.38 bits per heavy atom. The number of carbonyl (C=O) groups is 1. The number of halogens is 1. The minimum Gasteiger partial charge on any atom is -0.317 e. The van der Waals surface area contributed by atoms with Gasteiger partial charge in [0.2, 0.25) is 0 Å². The van der Waals surface area contributed by atoms with E-state index in [9.17, 15) is 4.79 Å². The number of benzene rings is 1. The molecule has 0 atom stereocenters. The lowest BCUT2D eigenvalue weighted by Crippen LogP contribution is -2.40.